The molecule has 2 rings (SSSR count). The standard InChI is InChI=1S/C18H24N2O6/c1-4-10-25-14-7-6-13(11-15(14)24-5-2)17(22)26-12(3)16(21)20-9-8-19-18(20)23/h6-7,11-12H,4-5,8-10H2,1-3H3,(H,19,23)/t12-/m1/s1. The average molecular weight is 364 g/mol. The topological polar surface area (TPSA) is 94.2 Å². The lowest BCUT2D eigenvalue weighted by atomic mass is 10.2. The number of carbonyl (C=O) groups is 3. The number of nitrogens with one attached hydrogen (secondary N) is 1. The van der Waals surface area contributed by atoms with Crippen LogP contribution in [0.4, 0.5) is 4.79 Å². The maximum atomic E-state index is 12.3. The van der Waals surface area contributed by atoms with Crippen molar-refractivity contribution in [3.63, 3.8) is 0 Å². The number of imide groups is 1. The van der Waals surface area contributed by atoms with Crippen LogP contribution in [0.15, 0.2) is 18.2 Å². The van der Waals surface area contributed by atoms with Gasteiger partial charge in [-0.3, -0.25) is 9.69 Å². The fourth-order valence-corrected chi connectivity index (χ4v) is 2.41. The van der Waals surface area contributed by atoms with Crippen LogP contribution in [0.5, 0.6) is 11.5 Å². The Morgan fingerprint density at radius 2 is 2.00 bits per heavy atom. The lowest BCUT2D eigenvalue weighted by Gasteiger charge is -2.18. The van der Waals surface area contributed by atoms with Gasteiger partial charge < -0.3 is 19.5 Å². The molecule has 3 amide bonds. The molecule has 1 aliphatic heterocycles. The molecule has 0 bridgehead atoms. The number of hydrogen-bond acceptors (Lipinski definition) is 6. The number of urea groups is 1. The minimum atomic E-state index is -1.07. The summed E-state index contributed by atoms with van der Waals surface area (Å²) in [6, 6.07) is 4.23. The Morgan fingerprint density at radius 3 is 2.62 bits per heavy atom. The number of hydrogen-bond donors (Lipinski definition) is 1. The zero-order valence-corrected chi connectivity index (χ0v) is 15.2. The first kappa shape index (κ1) is 19.6. The molecule has 26 heavy (non-hydrogen) atoms. The van der Waals surface area contributed by atoms with Crippen LogP contribution in [-0.2, 0) is 9.53 Å². The quantitative estimate of drug-likeness (QED) is 0.709. The van der Waals surface area contributed by atoms with Gasteiger partial charge in [0.05, 0.1) is 18.8 Å². The fraction of sp³-hybridized carbons (Fsp3) is 0.500. The van der Waals surface area contributed by atoms with Crippen LogP contribution >= 0.6 is 0 Å². The van der Waals surface area contributed by atoms with Gasteiger partial charge in [0, 0.05) is 13.1 Å². The number of benzene rings is 1. The third-order valence-electron chi connectivity index (χ3n) is 3.70. The van der Waals surface area contributed by atoms with Crippen LogP contribution in [0.3, 0.4) is 0 Å². The van der Waals surface area contributed by atoms with Crippen molar-refractivity contribution in [1.82, 2.24) is 10.2 Å². The summed E-state index contributed by atoms with van der Waals surface area (Å²) < 4.78 is 16.3. The van der Waals surface area contributed by atoms with E-state index in [2.05, 4.69) is 5.32 Å². The molecule has 0 saturated carbocycles. The predicted molar refractivity (Wildman–Crippen MR) is 93.4 cm³/mol. The summed E-state index contributed by atoms with van der Waals surface area (Å²) in [5.74, 6) is -0.244. The third-order valence-corrected chi connectivity index (χ3v) is 3.70. The van der Waals surface area contributed by atoms with E-state index >= 15 is 0 Å². The van der Waals surface area contributed by atoms with E-state index in [1.807, 2.05) is 13.8 Å². The molecule has 1 aliphatic rings. The van der Waals surface area contributed by atoms with Gasteiger partial charge in [-0.1, -0.05) is 6.92 Å². The molecule has 1 atom stereocenters. The van der Waals surface area contributed by atoms with Crippen molar-refractivity contribution < 1.29 is 28.6 Å². The van der Waals surface area contributed by atoms with Crippen LogP contribution in [0.1, 0.15) is 37.6 Å². The monoisotopic (exact) mass is 364 g/mol. The van der Waals surface area contributed by atoms with E-state index in [1.54, 1.807) is 12.1 Å². The SMILES string of the molecule is CCCOc1ccc(C(=O)O[C@H](C)C(=O)N2CCNC2=O)cc1OCC. The van der Waals surface area contributed by atoms with Crippen LogP contribution in [0, 0.1) is 0 Å². The molecule has 0 aromatic heterocycles. The molecule has 1 fully saturated rings. The first-order valence-electron chi connectivity index (χ1n) is 8.67. The number of rotatable bonds is 8. The molecule has 1 N–H and O–H groups in total. The molecular weight excluding hydrogens is 340 g/mol. The van der Waals surface area contributed by atoms with Crippen LogP contribution in [0.2, 0.25) is 0 Å². The van der Waals surface area contributed by atoms with E-state index in [-0.39, 0.29) is 12.1 Å². The first-order chi connectivity index (χ1) is 12.5. The molecular formula is C18H24N2O6. The zero-order chi connectivity index (χ0) is 19.1. The van der Waals surface area contributed by atoms with Gasteiger partial charge in [-0.05, 0) is 38.5 Å². The van der Waals surface area contributed by atoms with Crippen molar-refractivity contribution in [2.45, 2.75) is 33.3 Å². The molecule has 8 nitrogen and oxygen atoms in total. The van der Waals surface area contributed by atoms with Crippen LogP contribution in [-0.4, -0.2) is 55.2 Å². The van der Waals surface area contributed by atoms with Gasteiger partial charge in [0.15, 0.2) is 17.6 Å². The molecule has 8 heteroatoms. The second-order valence-corrected chi connectivity index (χ2v) is 5.71. The largest absolute Gasteiger partial charge is 0.490 e. The molecule has 0 aliphatic carbocycles. The minimum absolute atomic E-state index is 0.239. The maximum Gasteiger partial charge on any atom is 0.339 e. The summed E-state index contributed by atoms with van der Waals surface area (Å²) in [5, 5.41) is 2.53. The van der Waals surface area contributed by atoms with Gasteiger partial charge in [0.1, 0.15) is 0 Å². The molecule has 1 aromatic carbocycles. The summed E-state index contributed by atoms with van der Waals surface area (Å²) in [4.78, 5) is 37.1. The number of ether oxygens (including phenoxy) is 3. The third kappa shape index (κ3) is 4.65. The molecule has 1 heterocycles. The van der Waals surface area contributed by atoms with Gasteiger partial charge in [-0.2, -0.15) is 0 Å². The van der Waals surface area contributed by atoms with Crippen LogP contribution < -0.4 is 14.8 Å². The number of amides is 3. The highest BCUT2D eigenvalue weighted by Gasteiger charge is 2.31. The van der Waals surface area contributed by atoms with E-state index in [4.69, 9.17) is 14.2 Å². The predicted octanol–water partition coefficient (Wildman–Crippen LogP) is 1.97. The molecule has 1 saturated heterocycles. The van der Waals surface area contributed by atoms with Gasteiger partial charge in [-0.25, -0.2) is 9.59 Å². The highest BCUT2D eigenvalue weighted by Crippen LogP contribution is 2.29. The second kappa shape index (κ2) is 9.07. The Labute approximate surface area is 152 Å². The van der Waals surface area contributed by atoms with Crippen molar-refractivity contribution in [2.75, 3.05) is 26.3 Å². The number of carbonyl (C=O) groups excluding carboxylic acids is 3. The van der Waals surface area contributed by atoms with Gasteiger partial charge in [0.2, 0.25) is 0 Å². The van der Waals surface area contributed by atoms with Crippen molar-refractivity contribution >= 4 is 17.9 Å². The van der Waals surface area contributed by atoms with Gasteiger partial charge in [-0.15, -0.1) is 0 Å². The first-order valence-corrected chi connectivity index (χ1v) is 8.67. The zero-order valence-electron chi connectivity index (χ0n) is 15.2. The Hall–Kier alpha value is -2.77. The second-order valence-electron chi connectivity index (χ2n) is 5.71. The minimum Gasteiger partial charge on any atom is -0.490 e. The Kier molecular flexibility index (Phi) is 6.82. The highest BCUT2D eigenvalue weighted by atomic mass is 16.5. The van der Waals surface area contributed by atoms with E-state index in [9.17, 15) is 14.4 Å². The smallest absolute Gasteiger partial charge is 0.339 e. The van der Waals surface area contributed by atoms with Crippen molar-refractivity contribution in [2.24, 2.45) is 0 Å². The number of nitrogens with zero attached hydrogens (tertiary/aromatic N) is 1. The molecule has 142 valence electrons. The number of esters is 1. The lowest BCUT2D eigenvalue weighted by Crippen LogP contribution is -2.41. The molecule has 0 unspecified atom stereocenters. The van der Waals surface area contributed by atoms with Crippen molar-refractivity contribution in [3.8, 4) is 11.5 Å². The maximum absolute atomic E-state index is 12.3. The average Bonchev–Trinajstić information content (AvgIpc) is 3.06. The van der Waals surface area contributed by atoms with E-state index in [0.717, 1.165) is 11.3 Å². The lowest BCUT2D eigenvalue weighted by molar-refractivity contribution is -0.136. The van der Waals surface area contributed by atoms with E-state index in [1.165, 1.54) is 13.0 Å². The summed E-state index contributed by atoms with van der Waals surface area (Å²) in [6.45, 7) is 6.86. The molecule has 0 radical (unpaired) electrons. The van der Waals surface area contributed by atoms with E-state index < -0.39 is 24.0 Å². The Balaban J connectivity index is 2.07. The Morgan fingerprint density at radius 1 is 1.23 bits per heavy atom. The molecule has 1 aromatic rings. The van der Waals surface area contributed by atoms with Crippen molar-refractivity contribution in [3.05, 3.63) is 23.8 Å². The normalized spacial score (nSPS) is 14.6. The fourth-order valence-electron chi connectivity index (χ4n) is 2.41. The summed E-state index contributed by atoms with van der Waals surface area (Å²) in [5.41, 5.74) is 0.239. The summed E-state index contributed by atoms with van der Waals surface area (Å²) >= 11 is 0. The Bertz CT molecular complexity index is 676. The van der Waals surface area contributed by atoms with E-state index in [0.29, 0.717) is 31.3 Å². The van der Waals surface area contributed by atoms with Gasteiger partial charge >= 0.3 is 12.0 Å². The van der Waals surface area contributed by atoms with Crippen molar-refractivity contribution in [1.29, 1.82) is 0 Å². The molecule has 0 spiro atoms. The summed E-state index contributed by atoms with van der Waals surface area (Å²) in [6.07, 6.45) is -0.225. The van der Waals surface area contributed by atoms with Gasteiger partial charge in [0.25, 0.3) is 5.91 Å². The van der Waals surface area contributed by atoms with Crippen LogP contribution in [0.25, 0.3) is 0 Å². The highest BCUT2D eigenvalue weighted by molar-refractivity contribution is 5.99. The summed E-state index contributed by atoms with van der Waals surface area (Å²) in [7, 11) is 0.